The summed E-state index contributed by atoms with van der Waals surface area (Å²) in [5, 5.41) is 4.37. The van der Waals surface area contributed by atoms with Gasteiger partial charge >= 0.3 is 5.97 Å². The van der Waals surface area contributed by atoms with Gasteiger partial charge in [-0.3, -0.25) is 4.68 Å². The largest absolute Gasteiger partial charge is 0.461 e. The van der Waals surface area contributed by atoms with Gasteiger partial charge in [0.2, 0.25) is 0 Å². The Morgan fingerprint density at radius 1 is 1.12 bits per heavy atom. The molecule has 24 heavy (non-hydrogen) atoms. The lowest BCUT2D eigenvalue weighted by atomic mass is 10.1. The van der Waals surface area contributed by atoms with Crippen LogP contribution in [0.15, 0.2) is 60.7 Å². The first-order valence-electron chi connectivity index (χ1n) is 7.72. The summed E-state index contributed by atoms with van der Waals surface area (Å²) in [7, 11) is 0. The van der Waals surface area contributed by atoms with Gasteiger partial charge in [0.1, 0.15) is 5.82 Å². The van der Waals surface area contributed by atoms with Crippen LogP contribution in [0.5, 0.6) is 0 Å². The van der Waals surface area contributed by atoms with E-state index in [0.717, 1.165) is 16.8 Å². The van der Waals surface area contributed by atoms with Crippen molar-refractivity contribution in [3.63, 3.8) is 0 Å². The van der Waals surface area contributed by atoms with Gasteiger partial charge in [0.05, 0.1) is 18.8 Å². The number of esters is 1. The van der Waals surface area contributed by atoms with Gasteiger partial charge in [-0.2, -0.15) is 5.10 Å². The fraction of sp³-hybridized carbons (Fsp3) is 0.158. The molecule has 1 aromatic heterocycles. The van der Waals surface area contributed by atoms with Gasteiger partial charge in [0, 0.05) is 0 Å². The van der Waals surface area contributed by atoms with Crippen molar-refractivity contribution in [2.24, 2.45) is 0 Å². The van der Waals surface area contributed by atoms with Crippen LogP contribution in [0.3, 0.4) is 0 Å². The molecule has 0 spiro atoms. The summed E-state index contributed by atoms with van der Waals surface area (Å²) in [6.07, 6.45) is 0. The minimum absolute atomic E-state index is 0.262. The molecule has 0 radical (unpaired) electrons. The lowest BCUT2D eigenvalue weighted by molar-refractivity contribution is 0.0518. The first-order chi connectivity index (χ1) is 11.7. The highest BCUT2D eigenvalue weighted by Gasteiger charge is 2.16. The fourth-order valence-corrected chi connectivity index (χ4v) is 2.45. The predicted octanol–water partition coefficient (Wildman–Crippen LogP) is 3.91. The SMILES string of the molecule is CCOC(=O)c1cc(-c2ccccc2)n(Cc2ccc(F)cc2)n1. The molecule has 0 saturated heterocycles. The van der Waals surface area contributed by atoms with E-state index in [1.165, 1.54) is 12.1 Å². The second-order valence-corrected chi connectivity index (χ2v) is 5.29. The Labute approximate surface area is 139 Å². The monoisotopic (exact) mass is 324 g/mol. The van der Waals surface area contributed by atoms with Gasteiger partial charge in [-0.05, 0) is 36.2 Å². The summed E-state index contributed by atoms with van der Waals surface area (Å²) in [5.41, 5.74) is 2.91. The lowest BCUT2D eigenvalue weighted by Gasteiger charge is -2.07. The van der Waals surface area contributed by atoms with E-state index in [-0.39, 0.29) is 11.5 Å². The summed E-state index contributed by atoms with van der Waals surface area (Å²) in [6, 6.07) is 17.6. The topological polar surface area (TPSA) is 44.1 Å². The van der Waals surface area contributed by atoms with Crippen molar-refractivity contribution in [2.45, 2.75) is 13.5 Å². The van der Waals surface area contributed by atoms with Gasteiger partial charge in [0.25, 0.3) is 0 Å². The van der Waals surface area contributed by atoms with Gasteiger partial charge < -0.3 is 4.74 Å². The Hall–Kier alpha value is -2.95. The van der Waals surface area contributed by atoms with E-state index in [0.29, 0.717) is 13.2 Å². The molecule has 0 amide bonds. The molecule has 3 rings (SSSR count). The molecule has 0 fully saturated rings. The first-order valence-corrected chi connectivity index (χ1v) is 7.72. The fourth-order valence-electron chi connectivity index (χ4n) is 2.45. The van der Waals surface area contributed by atoms with Crippen LogP contribution in [0.25, 0.3) is 11.3 Å². The van der Waals surface area contributed by atoms with E-state index in [4.69, 9.17) is 4.74 Å². The second-order valence-electron chi connectivity index (χ2n) is 5.29. The smallest absolute Gasteiger partial charge is 0.358 e. The zero-order chi connectivity index (χ0) is 16.9. The first kappa shape index (κ1) is 15.9. The number of rotatable bonds is 5. The third-order valence-electron chi connectivity index (χ3n) is 3.58. The van der Waals surface area contributed by atoms with Crippen molar-refractivity contribution in [1.82, 2.24) is 9.78 Å². The quantitative estimate of drug-likeness (QED) is 0.668. The predicted molar refractivity (Wildman–Crippen MR) is 89.1 cm³/mol. The molecule has 4 nitrogen and oxygen atoms in total. The van der Waals surface area contributed by atoms with Gasteiger partial charge in [-0.1, -0.05) is 42.5 Å². The maximum absolute atomic E-state index is 13.1. The molecule has 0 atom stereocenters. The standard InChI is InChI=1S/C19H17FN2O2/c1-2-24-19(23)17-12-18(15-6-4-3-5-7-15)22(21-17)13-14-8-10-16(20)11-9-14/h3-12H,2,13H2,1H3. The van der Waals surface area contributed by atoms with Crippen LogP contribution in [0.2, 0.25) is 0 Å². The molecule has 2 aromatic carbocycles. The maximum Gasteiger partial charge on any atom is 0.358 e. The summed E-state index contributed by atoms with van der Waals surface area (Å²) >= 11 is 0. The molecule has 0 unspecified atom stereocenters. The van der Waals surface area contributed by atoms with E-state index in [2.05, 4.69) is 5.10 Å². The van der Waals surface area contributed by atoms with Crippen molar-refractivity contribution in [3.8, 4) is 11.3 Å². The number of halogens is 1. The van der Waals surface area contributed by atoms with Crippen LogP contribution in [-0.2, 0) is 11.3 Å². The van der Waals surface area contributed by atoms with Crippen LogP contribution < -0.4 is 0 Å². The van der Waals surface area contributed by atoms with E-state index in [1.807, 2.05) is 30.3 Å². The zero-order valence-corrected chi connectivity index (χ0v) is 13.3. The van der Waals surface area contributed by atoms with Gasteiger partial charge in [-0.15, -0.1) is 0 Å². The molecule has 0 aliphatic rings. The molecule has 0 N–H and O–H groups in total. The number of carbonyl (C=O) groups is 1. The minimum atomic E-state index is -0.451. The normalized spacial score (nSPS) is 10.6. The van der Waals surface area contributed by atoms with Gasteiger partial charge in [-0.25, -0.2) is 9.18 Å². The third kappa shape index (κ3) is 3.51. The van der Waals surface area contributed by atoms with Crippen molar-refractivity contribution in [2.75, 3.05) is 6.61 Å². The maximum atomic E-state index is 13.1. The Morgan fingerprint density at radius 2 is 1.83 bits per heavy atom. The molecule has 3 aromatic rings. The number of carbonyl (C=O) groups excluding carboxylic acids is 1. The Morgan fingerprint density at radius 3 is 2.50 bits per heavy atom. The average molecular weight is 324 g/mol. The molecule has 1 heterocycles. The Bertz CT molecular complexity index is 826. The second kappa shape index (κ2) is 7.08. The summed E-state index contributed by atoms with van der Waals surface area (Å²) in [5.74, 6) is -0.734. The number of ether oxygens (including phenoxy) is 1. The highest BCUT2D eigenvalue weighted by molar-refractivity contribution is 5.88. The van der Waals surface area contributed by atoms with Crippen molar-refractivity contribution >= 4 is 5.97 Å². The van der Waals surface area contributed by atoms with Crippen molar-refractivity contribution < 1.29 is 13.9 Å². The number of hydrogen-bond acceptors (Lipinski definition) is 3. The molecular formula is C19H17FN2O2. The summed E-state index contributed by atoms with van der Waals surface area (Å²) in [6.45, 7) is 2.49. The van der Waals surface area contributed by atoms with Crippen LogP contribution in [0.4, 0.5) is 4.39 Å². The molecule has 0 aliphatic carbocycles. The summed E-state index contributed by atoms with van der Waals surface area (Å²) in [4.78, 5) is 12.0. The van der Waals surface area contributed by atoms with Crippen LogP contribution in [0, 0.1) is 5.82 Å². The summed E-state index contributed by atoms with van der Waals surface area (Å²) < 4.78 is 19.8. The molecule has 0 saturated carbocycles. The van der Waals surface area contributed by atoms with Crippen molar-refractivity contribution in [1.29, 1.82) is 0 Å². The molecule has 0 aliphatic heterocycles. The number of hydrogen-bond donors (Lipinski definition) is 0. The van der Waals surface area contributed by atoms with E-state index in [1.54, 1.807) is 29.8 Å². The number of nitrogens with zero attached hydrogens (tertiary/aromatic N) is 2. The highest BCUT2D eigenvalue weighted by Crippen LogP contribution is 2.22. The lowest BCUT2D eigenvalue weighted by Crippen LogP contribution is -2.08. The van der Waals surface area contributed by atoms with E-state index in [9.17, 15) is 9.18 Å². The van der Waals surface area contributed by atoms with E-state index < -0.39 is 5.97 Å². The highest BCUT2D eigenvalue weighted by atomic mass is 19.1. The average Bonchev–Trinajstić information content (AvgIpc) is 3.02. The zero-order valence-electron chi connectivity index (χ0n) is 13.3. The van der Waals surface area contributed by atoms with Crippen LogP contribution >= 0.6 is 0 Å². The number of benzene rings is 2. The van der Waals surface area contributed by atoms with Crippen molar-refractivity contribution in [3.05, 3.63) is 77.7 Å². The molecule has 122 valence electrons. The van der Waals surface area contributed by atoms with E-state index >= 15 is 0 Å². The third-order valence-corrected chi connectivity index (χ3v) is 3.58. The molecule has 5 heteroatoms. The van der Waals surface area contributed by atoms with Crippen LogP contribution in [0.1, 0.15) is 23.0 Å². The Kier molecular flexibility index (Phi) is 4.70. The molecule has 0 bridgehead atoms. The molecular weight excluding hydrogens is 307 g/mol. The van der Waals surface area contributed by atoms with Crippen LogP contribution in [-0.4, -0.2) is 22.4 Å². The number of aromatic nitrogens is 2. The minimum Gasteiger partial charge on any atom is -0.461 e. The Balaban J connectivity index is 1.99. The van der Waals surface area contributed by atoms with Gasteiger partial charge in [0.15, 0.2) is 5.69 Å².